The SMILES string of the molecule is COc1ccc(N2CCN(CC(=O)N3CCN(C/C=C/c4ccccc4)CC3)C2=O)cc1OC. The molecule has 180 valence electrons. The van der Waals surface area contributed by atoms with E-state index in [0.29, 0.717) is 37.7 Å². The number of ether oxygens (including phenoxy) is 2. The van der Waals surface area contributed by atoms with E-state index in [2.05, 4.69) is 29.2 Å². The van der Waals surface area contributed by atoms with Crippen molar-refractivity contribution in [2.45, 2.75) is 0 Å². The molecule has 2 aliphatic rings. The third kappa shape index (κ3) is 5.51. The molecule has 2 saturated heterocycles. The first-order valence-corrected chi connectivity index (χ1v) is 11.6. The standard InChI is InChI=1S/C26H32N4O4/c1-33-23-11-10-22(19-24(23)34-2)30-18-17-29(26(30)32)20-25(31)28-15-13-27(14-16-28)12-6-9-21-7-4-3-5-8-21/h3-11,19H,12-18,20H2,1-2H3/b9-6+. The van der Waals surface area contributed by atoms with Crippen LogP contribution in [0.4, 0.5) is 10.5 Å². The van der Waals surface area contributed by atoms with E-state index in [1.54, 1.807) is 36.2 Å². The van der Waals surface area contributed by atoms with Gasteiger partial charge in [-0.3, -0.25) is 14.6 Å². The van der Waals surface area contributed by atoms with Crippen molar-refractivity contribution in [1.29, 1.82) is 0 Å². The first-order chi connectivity index (χ1) is 16.6. The molecular formula is C26H32N4O4. The average molecular weight is 465 g/mol. The van der Waals surface area contributed by atoms with E-state index < -0.39 is 0 Å². The summed E-state index contributed by atoms with van der Waals surface area (Å²) in [6, 6.07) is 15.5. The van der Waals surface area contributed by atoms with Crippen molar-refractivity contribution in [3.63, 3.8) is 0 Å². The van der Waals surface area contributed by atoms with Gasteiger partial charge in [0.2, 0.25) is 5.91 Å². The lowest BCUT2D eigenvalue weighted by Gasteiger charge is -2.35. The van der Waals surface area contributed by atoms with Gasteiger partial charge in [-0.1, -0.05) is 42.5 Å². The van der Waals surface area contributed by atoms with Crippen LogP contribution in [0.1, 0.15) is 5.56 Å². The van der Waals surface area contributed by atoms with Crippen LogP contribution in [0.5, 0.6) is 11.5 Å². The second-order valence-corrected chi connectivity index (χ2v) is 8.39. The highest BCUT2D eigenvalue weighted by Gasteiger charge is 2.33. The van der Waals surface area contributed by atoms with Gasteiger partial charge in [-0.2, -0.15) is 0 Å². The molecule has 2 fully saturated rings. The zero-order valence-electron chi connectivity index (χ0n) is 19.9. The Morgan fingerprint density at radius 2 is 1.65 bits per heavy atom. The molecule has 2 aromatic carbocycles. The summed E-state index contributed by atoms with van der Waals surface area (Å²) in [7, 11) is 3.14. The van der Waals surface area contributed by atoms with E-state index in [9.17, 15) is 9.59 Å². The Balaban J connectivity index is 1.25. The number of carbonyl (C=O) groups is 2. The van der Waals surface area contributed by atoms with E-state index in [4.69, 9.17) is 9.47 Å². The van der Waals surface area contributed by atoms with Crippen LogP contribution in [0.15, 0.2) is 54.6 Å². The lowest BCUT2D eigenvalue weighted by Crippen LogP contribution is -2.51. The third-order valence-corrected chi connectivity index (χ3v) is 6.30. The van der Waals surface area contributed by atoms with E-state index >= 15 is 0 Å². The van der Waals surface area contributed by atoms with Crippen LogP contribution in [0.25, 0.3) is 6.08 Å². The molecule has 8 nitrogen and oxygen atoms in total. The summed E-state index contributed by atoms with van der Waals surface area (Å²) in [4.78, 5) is 33.3. The van der Waals surface area contributed by atoms with E-state index in [0.717, 1.165) is 25.3 Å². The Kier molecular flexibility index (Phi) is 7.69. The number of methoxy groups -OCH3 is 2. The van der Waals surface area contributed by atoms with E-state index in [1.165, 1.54) is 5.56 Å². The summed E-state index contributed by atoms with van der Waals surface area (Å²) in [5.74, 6) is 1.18. The molecule has 0 unspecified atom stereocenters. The Morgan fingerprint density at radius 1 is 0.912 bits per heavy atom. The molecule has 0 aromatic heterocycles. The molecule has 0 saturated carbocycles. The fourth-order valence-electron chi connectivity index (χ4n) is 4.31. The summed E-state index contributed by atoms with van der Waals surface area (Å²) in [5, 5.41) is 0. The molecule has 0 radical (unpaired) electrons. The van der Waals surface area contributed by atoms with Gasteiger partial charge in [0.15, 0.2) is 11.5 Å². The van der Waals surface area contributed by atoms with Crippen LogP contribution >= 0.6 is 0 Å². The average Bonchev–Trinajstić information content (AvgIpc) is 3.24. The van der Waals surface area contributed by atoms with Gasteiger partial charge in [-0.05, 0) is 17.7 Å². The zero-order valence-corrected chi connectivity index (χ0v) is 19.9. The van der Waals surface area contributed by atoms with E-state index in [-0.39, 0.29) is 18.5 Å². The van der Waals surface area contributed by atoms with Crippen molar-refractivity contribution in [2.24, 2.45) is 0 Å². The fourth-order valence-corrected chi connectivity index (χ4v) is 4.31. The van der Waals surface area contributed by atoms with Gasteiger partial charge in [0.25, 0.3) is 0 Å². The molecule has 0 aliphatic carbocycles. The Hall–Kier alpha value is -3.52. The van der Waals surface area contributed by atoms with Gasteiger partial charge in [0.05, 0.1) is 14.2 Å². The number of anilines is 1. The topological polar surface area (TPSA) is 65.6 Å². The zero-order chi connectivity index (χ0) is 23.9. The fraction of sp³-hybridized carbons (Fsp3) is 0.385. The van der Waals surface area contributed by atoms with Gasteiger partial charge in [0, 0.05) is 57.6 Å². The Morgan fingerprint density at radius 3 is 2.35 bits per heavy atom. The predicted molar refractivity (Wildman–Crippen MR) is 132 cm³/mol. The van der Waals surface area contributed by atoms with Gasteiger partial charge in [-0.25, -0.2) is 4.79 Å². The van der Waals surface area contributed by atoms with Crippen molar-refractivity contribution < 1.29 is 19.1 Å². The minimum Gasteiger partial charge on any atom is -0.493 e. The number of urea groups is 1. The molecule has 0 atom stereocenters. The number of rotatable bonds is 8. The predicted octanol–water partition coefficient (Wildman–Crippen LogP) is 2.80. The molecule has 0 bridgehead atoms. The number of benzene rings is 2. The lowest BCUT2D eigenvalue weighted by molar-refractivity contribution is -0.133. The minimum absolute atomic E-state index is 0.00184. The second-order valence-electron chi connectivity index (χ2n) is 8.39. The van der Waals surface area contributed by atoms with Crippen LogP contribution in [0, 0.1) is 0 Å². The summed E-state index contributed by atoms with van der Waals surface area (Å²) in [6.45, 7) is 5.04. The summed E-state index contributed by atoms with van der Waals surface area (Å²) in [5.41, 5.74) is 1.92. The molecule has 34 heavy (non-hydrogen) atoms. The number of carbonyl (C=O) groups excluding carboxylic acids is 2. The van der Waals surface area contributed by atoms with E-state index in [1.807, 2.05) is 29.2 Å². The summed E-state index contributed by atoms with van der Waals surface area (Å²) < 4.78 is 10.6. The smallest absolute Gasteiger partial charge is 0.325 e. The molecule has 4 rings (SSSR count). The highest BCUT2D eigenvalue weighted by molar-refractivity contribution is 5.96. The molecule has 2 aromatic rings. The van der Waals surface area contributed by atoms with Crippen molar-refractivity contribution in [3.05, 3.63) is 60.2 Å². The van der Waals surface area contributed by atoms with Gasteiger partial charge >= 0.3 is 6.03 Å². The maximum atomic E-state index is 13.0. The van der Waals surface area contributed by atoms with Crippen LogP contribution in [-0.2, 0) is 4.79 Å². The molecular weight excluding hydrogens is 432 g/mol. The number of piperazine rings is 1. The number of hydrogen-bond donors (Lipinski definition) is 0. The second kappa shape index (κ2) is 11.1. The van der Waals surface area contributed by atoms with Crippen molar-refractivity contribution in [3.8, 4) is 11.5 Å². The molecule has 2 heterocycles. The Labute approximate surface area is 200 Å². The van der Waals surface area contributed by atoms with Crippen LogP contribution < -0.4 is 14.4 Å². The lowest BCUT2D eigenvalue weighted by atomic mass is 10.2. The largest absolute Gasteiger partial charge is 0.493 e. The summed E-state index contributed by atoms with van der Waals surface area (Å²) in [6.07, 6.45) is 4.29. The van der Waals surface area contributed by atoms with Gasteiger partial charge in [-0.15, -0.1) is 0 Å². The molecule has 0 N–H and O–H groups in total. The first kappa shape index (κ1) is 23.6. The Bertz CT molecular complexity index is 1020. The number of amides is 3. The minimum atomic E-state index is -0.162. The van der Waals surface area contributed by atoms with Crippen LogP contribution in [-0.4, -0.2) is 93.2 Å². The van der Waals surface area contributed by atoms with Crippen molar-refractivity contribution in [1.82, 2.24) is 14.7 Å². The monoisotopic (exact) mass is 464 g/mol. The highest BCUT2D eigenvalue weighted by Crippen LogP contribution is 2.32. The maximum Gasteiger partial charge on any atom is 0.325 e. The van der Waals surface area contributed by atoms with Crippen molar-refractivity contribution >= 4 is 23.7 Å². The van der Waals surface area contributed by atoms with Crippen molar-refractivity contribution in [2.75, 3.05) is 71.5 Å². The molecule has 2 aliphatic heterocycles. The number of hydrogen-bond acceptors (Lipinski definition) is 5. The third-order valence-electron chi connectivity index (χ3n) is 6.30. The quantitative estimate of drug-likeness (QED) is 0.601. The normalized spacial score (nSPS) is 17.0. The molecule has 8 heteroatoms. The van der Waals surface area contributed by atoms with Gasteiger partial charge in [0.1, 0.15) is 6.54 Å². The number of nitrogens with zero attached hydrogens (tertiary/aromatic N) is 4. The van der Waals surface area contributed by atoms with Gasteiger partial charge < -0.3 is 19.3 Å². The summed E-state index contributed by atoms with van der Waals surface area (Å²) >= 11 is 0. The maximum absolute atomic E-state index is 13.0. The van der Waals surface area contributed by atoms with Crippen LogP contribution in [0.3, 0.4) is 0 Å². The first-order valence-electron chi connectivity index (χ1n) is 11.6. The molecule has 0 spiro atoms. The van der Waals surface area contributed by atoms with Crippen LogP contribution in [0.2, 0.25) is 0 Å². The highest BCUT2D eigenvalue weighted by atomic mass is 16.5. The molecule has 3 amide bonds.